The van der Waals surface area contributed by atoms with E-state index in [0.717, 1.165) is 70.9 Å². The van der Waals surface area contributed by atoms with Crippen molar-refractivity contribution in [2.24, 2.45) is 5.92 Å². The number of hydrogen-bond acceptors (Lipinski definition) is 9. The molecule has 6 rings (SSSR count). The van der Waals surface area contributed by atoms with Gasteiger partial charge in [0.15, 0.2) is 11.5 Å². The molecule has 0 unspecified atom stereocenters. The summed E-state index contributed by atoms with van der Waals surface area (Å²) in [4.78, 5) is 38.8. The van der Waals surface area contributed by atoms with Crippen molar-refractivity contribution in [3.05, 3.63) is 107 Å². The second kappa shape index (κ2) is 16.4. The number of piperidine rings is 1. The third-order valence-electron chi connectivity index (χ3n) is 10.4. The van der Waals surface area contributed by atoms with Gasteiger partial charge >= 0.3 is 0 Å². The lowest BCUT2D eigenvalue weighted by Gasteiger charge is -2.28. The van der Waals surface area contributed by atoms with Crippen LogP contribution in [0.4, 0.5) is 11.4 Å². The number of aromatic nitrogens is 2. The topological polar surface area (TPSA) is 140 Å². The second-order valence-electron chi connectivity index (χ2n) is 15.9. The van der Waals surface area contributed by atoms with E-state index in [9.17, 15) is 18.0 Å². The molecule has 0 spiro atoms. The zero-order valence-corrected chi connectivity index (χ0v) is 34.3. The molecule has 294 valence electrons. The number of sulfonamides is 1. The summed E-state index contributed by atoms with van der Waals surface area (Å²) in [5.41, 5.74) is 6.58. The van der Waals surface area contributed by atoms with Crippen LogP contribution in [0, 0.1) is 12.8 Å². The van der Waals surface area contributed by atoms with Crippen molar-refractivity contribution in [2.45, 2.75) is 58.8 Å². The number of methoxy groups -OCH3 is 2. The van der Waals surface area contributed by atoms with Crippen LogP contribution in [0.2, 0.25) is 0 Å². The summed E-state index contributed by atoms with van der Waals surface area (Å²) in [5.74, 6) is 1.57. The first kappa shape index (κ1) is 40.3. The van der Waals surface area contributed by atoms with Crippen LogP contribution >= 0.6 is 0 Å². The lowest BCUT2D eigenvalue weighted by Crippen LogP contribution is -2.31. The number of likely N-dealkylation sites (tertiary alicyclic amines) is 1. The number of carbonyl (C=O) groups excluding carboxylic acids is 2. The van der Waals surface area contributed by atoms with Gasteiger partial charge in [-0.15, -0.1) is 0 Å². The number of aryl methyl sites for hydroxylation is 1. The molecule has 12 heteroatoms. The molecule has 1 fully saturated rings. The zero-order chi connectivity index (χ0) is 40.4. The van der Waals surface area contributed by atoms with E-state index < -0.39 is 10.0 Å². The summed E-state index contributed by atoms with van der Waals surface area (Å²) in [6.07, 6.45) is 5.95. The molecule has 2 heterocycles. The van der Waals surface area contributed by atoms with Crippen LogP contribution in [0.25, 0.3) is 22.0 Å². The summed E-state index contributed by atoms with van der Waals surface area (Å²) in [6, 6.07) is 20.7. The van der Waals surface area contributed by atoms with E-state index in [1.54, 1.807) is 31.5 Å². The van der Waals surface area contributed by atoms with Gasteiger partial charge in [0, 0.05) is 30.0 Å². The first-order chi connectivity index (χ1) is 26.5. The molecule has 0 atom stereocenters. The molecule has 0 bridgehead atoms. The average Bonchev–Trinajstić information content (AvgIpc) is 3.14. The summed E-state index contributed by atoms with van der Waals surface area (Å²) in [6.45, 7) is 10.0. The minimum atomic E-state index is -3.62. The first-order valence-corrected chi connectivity index (χ1v) is 20.7. The smallest absolute Gasteiger partial charge is 0.255 e. The number of nitrogens with zero attached hydrogens (tertiary/aromatic N) is 3. The Labute approximate surface area is 329 Å². The summed E-state index contributed by atoms with van der Waals surface area (Å²) in [5, 5.41) is 3.81. The predicted octanol–water partition coefficient (Wildman–Crippen LogP) is 8.05. The Kier molecular flexibility index (Phi) is 11.8. The Balaban J connectivity index is 1.20. The van der Waals surface area contributed by atoms with Crippen LogP contribution in [0.5, 0.6) is 11.5 Å². The molecule has 1 aromatic heterocycles. The van der Waals surface area contributed by atoms with Gasteiger partial charge in [-0.25, -0.2) is 18.4 Å². The molecule has 4 aromatic carbocycles. The van der Waals surface area contributed by atoms with Crippen LogP contribution < -0.4 is 19.5 Å². The largest absolute Gasteiger partial charge is 0.496 e. The highest BCUT2D eigenvalue weighted by Crippen LogP contribution is 2.39. The van der Waals surface area contributed by atoms with Crippen molar-refractivity contribution in [3.8, 4) is 22.6 Å². The van der Waals surface area contributed by atoms with Crippen LogP contribution in [0.1, 0.15) is 83.3 Å². The molecular formula is C44H51N5O6S. The maximum Gasteiger partial charge on any atom is 0.255 e. The highest BCUT2D eigenvalue weighted by atomic mass is 32.2. The monoisotopic (exact) mass is 777 g/mol. The van der Waals surface area contributed by atoms with Crippen molar-refractivity contribution < 1.29 is 27.5 Å². The number of hydrogen-bond donors (Lipinski definition) is 2. The fraction of sp³-hybridized carbons (Fsp3) is 0.364. The van der Waals surface area contributed by atoms with E-state index in [4.69, 9.17) is 14.5 Å². The number of benzene rings is 4. The van der Waals surface area contributed by atoms with Crippen molar-refractivity contribution in [3.63, 3.8) is 0 Å². The third-order valence-corrected chi connectivity index (χ3v) is 11.0. The molecule has 5 aromatic rings. The van der Waals surface area contributed by atoms with Crippen LogP contribution in [-0.4, -0.2) is 75.6 Å². The second-order valence-corrected chi connectivity index (χ2v) is 17.6. The van der Waals surface area contributed by atoms with Gasteiger partial charge in [-0.1, -0.05) is 39.0 Å². The number of carbonyl (C=O) groups is 2. The normalized spacial score (nSPS) is 14.1. The van der Waals surface area contributed by atoms with Crippen molar-refractivity contribution >= 4 is 44.0 Å². The molecule has 1 amide bonds. The van der Waals surface area contributed by atoms with E-state index >= 15 is 0 Å². The Morgan fingerprint density at radius 2 is 1.66 bits per heavy atom. The van der Waals surface area contributed by atoms with Gasteiger partial charge in [-0.2, -0.15) is 0 Å². The highest BCUT2D eigenvalue weighted by molar-refractivity contribution is 7.92. The Morgan fingerprint density at radius 3 is 2.34 bits per heavy atom. The van der Waals surface area contributed by atoms with Gasteiger partial charge in [0.1, 0.15) is 11.6 Å². The molecule has 0 aliphatic carbocycles. The molecule has 11 nitrogen and oxygen atoms in total. The third kappa shape index (κ3) is 9.54. The van der Waals surface area contributed by atoms with Gasteiger partial charge in [0.2, 0.25) is 10.0 Å². The predicted molar refractivity (Wildman–Crippen MR) is 223 cm³/mol. The molecular weight excluding hydrogens is 727 g/mol. The quantitative estimate of drug-likeness (QED) is 0.121. The lowest BCUT2D eigenvalue weighted by molar-refractivity contribution is 0.0932. The summed E-state index contributed by atoms with van der Waals surface area (Å²) >= 11 is 0. The molecule has 1 aliphatic rings. The number of amides is 1. The van der Waals surface area contributed by atoms with Gasteiger partial charge in [-0.3, -0.25) is 14.3 Å². The van der Waals surface area contributed by atoms with Gasteiger partial charge < -0.3 is 19.7 Å². The number of ether oxygens (including phenoxy) is 2. The molecule has 1 saturated heterocycles. The molecule has 56 heavy (non-hydrogen) atoms. The number of fused-ring (bicyclic) bond motifs is 1. The summed E-state index contributed by atoms with van der Waals surface area (Å²) < 4.78 is 38.2. The number of nitrogens with one attached hydrogen (secondary N) is 2. The SMILES string of the molecule is COc1cc(Cc2ncc3cc(-c4cc(C(=O)Nc5cc(C(C)(C)C)cc(NS(C)(=O)=O)c5OC)ccc4C)ccc3n2)ccc1C(=O)CC1CCN(C)CC1. The standard InChI is InChI=1S/C44H51N5O6S/c1-27-9-11-31(43(51)47-37-24-33(44(2,3)4)25-38(42(37)55-7)48-56(8,52)53)23-35(27)30-12-14-36-32(22-30)26-45-41(46-36)21-29-10-13-34(40(20-29)54-6)39(50)19-28-15-17-49(5)18-16-28/h9-14,20,22-26,28,48H,15-19,21H2,1-8H3,(H,47,51). The number of rotatable bonds is 12. The van der Waals surface area contributed by atoms with E-state index in [1.165, 1.54) is 7.11 Å². The van der Waals surface area contributed by atoms with Crippen molar-refractivity contribution in [1.82, 2.24) is 14.9 Å². The van der Waals surface area contributed by atoms with Crippen molar-refractivity contribution in [2.75, 3.05) is 50.7 Å². The van der Waals surface area contributed by atoms with Gasteiger partial charge in [-0.05, 0) is 128 Å². The minimum absolute atomic E-state index is 0.117. The van der Waals surface area contributed by atoms with Crippen LogP contribution in [0.15, 0.2) is 72.9 Å². The Morgan fingerprint density at radius 1 is 0.929 bits per heavy atom. The van der Waals surface area contributed by atoms with E-state index in [0.29, 0.717) is 47.1 Å². The molecule has 0 radical (unpaired) electrons. The van der Waals surface area contributed by atoms with E-state index in [-0.39, 0.29) is 28.5 Å². The lowest BCUT2D eigenvalue weighted by atomic mass is 9.86. The fourth-order valence-corrected chi connectivity index (χ4v) is 7.69. The van der Waals surface area contributed by atoms with Crippen LogP contribution in [-0.2, 0) is 21.9 Å². The van der Waals surface area contributed by atoms with Crippen LogP contribution in [0.3, 0.4) is 0 Å². The Hall–Kier alpha value is -5.33. The zero-order valence-electron chi connectivity index (χ0n) is 33.4. The molecule has 0 saturated carbocycles. The Bertz CT molecular complexity index is 2400. The van der Waals surface area contributed by atoms with Crippen molar-refractivity contribution in [1.29, 1.82) is 0 Å². The fourth-order valence-electron chi connectivity index (χ4n) is 7.14. The maximum atomic E-state index is 13.8. The van der Waals surface area contributed by atoms with Gasteiger partial charge in [0.25, 0.3) is 5.91 Å². The van der Waals surface area contributed by atoms with Gasteiger partial charge in [0.05, 0.1) is 42.9 Å². The molecule has 1 aliphatic heterocycles. The van der Waals surface area contributed by atoms with E-state index in [1.807, 2.05) is 76.2 Å². The first-order valence-electron chi connectivity index (χ1n) is 18.8. The average molecular weight is 778 g/mol. The number of anilines is 2. The summed E-state index contributed by atoms with van der Waals surface area (Å²) in [7, 11) is 1.53. The highest BCUT2D eigenvalue weighted by Gasteiger charge is 2.24. The number of ketones is 1. The molecule has 2 N–H and O–H groups in total. The maximum absolute atomic E-state index is 13.8. The minimum Gasteiger partial charge on any atom is -0.496 e. The van der Waals surface area contributed by atoms with E-state index in [2.05, 4.69) is 27.0 Å². The number of Topliss-reactive ketones (excluding diaryl/α,β-unsaturated/α-hetero) is 1.